The van der Waals surface area contributed by atoms with Crippen molar-refractivity contribution in [1.82, 2.24) is 19.5 Å². The number of sulfonamides is 1. The fourth-order valence-corrected chi connectivity index (χ4v) is 3.31. The molecule has 20 heavy (non-hydrogen) atoms. The van der Waals surface area contributed by atoms with Gasteiger partial charge < -0.3 is 10.3 Å². The average Bonchev–Trinajstić information content (AvgIpc) is 2.73. The number of anilines is 1. The number of nitrogens with zero attached hydrogens (tertiary/aromatic N) is 3. The van der Waals surface area contributed by atoms with Crippen molar-refractivity contribution in [2.45, 2.75) is 24.8 Å². The van der Waals surface area contributed by atoms with Crippen molar-refractivity contribution in [2.75, 3.05) is 5.73 Å². The molecular formula is C12H17N5O2S. The minimum Gasteiger partial charge on any atom is -0.399 e. The van der Waals surface area contributed by atoms with Crippen LogP contribution in [-0.4, -0.2) is 23.2 Å². The molecule has 0 aliphatic heterocycles. The van der Waals surface area contributed by atoms with Crippen molar-refractivity contribution in [1.29, 1.82) is 0 Å². The van der Waals surface area contributed by atoms with Gasteiger partial charge in [0.25, 0.3) is 0 Å². The lowest BCUT2D eigenvalue weighted by atomic mass is 10.2. The maximum Gasteiger partial charge on any atom is 0.241 e. The lowest BCUT2D eigenvalue weighted by Crippen LogP contribution is -2.28. The number of nitrogen functional groups attached to an aromatic ring is 1. The molecule has 0 saturated heterocycles. The SMILES string of the molecule is Cc1cc(N)cc(S(=O)(=O)NC(C)c2nncn2C)c1. The van der Waals surface area contributed by atoms with E-state index in [1.54, 1.807) is 37.6 Å². The molecule has 0 fully saturated rings. The van der Waals surface area contributed by atoms with E-state index in [2.05, 4.69) is 14.9 Å². The molecule has 0 radical (unpaired) electrons. The Morgan fingerprint density at radius 2 is 2.05 bits per heavy atom. The summed E-state index contributed by atoms with van der Waals surface area (Å²) in [5, 5.41) is 7.62. The van der Waals surface area contributed by atoms with Gasteiger partial charge in [-0.1, -0.05) is 0 Å². The number of nitrogens with one attached hydrogen (secondary N) is 1. The molecule has 0 spiro atoms. The fraction of sp³-hybridized carbons (Fsp3) is 0.333. The van der Waals surface area contributed by atoms with E-state index in [9.17, 15) is 8.42 Å². The molecule has 1 aromatic heterocycles. The summed E-state index contributed by atoms with van der Waals surface area (Å²) in [6.07, 6.45) is 1.52. The second-order valence-corrected chi connectivity index (χ2v) is 6.44. The summed E-state index contributed by atoms with van der Waals surface area (Å²) >= 11 is 0. The normalized spacial score (nSPS) is 13.3. The number of aromatic nitrogens is 3. The summed E-state index contributed by atoms with van der Waals surface area (Å²) in [5.41, 5.74) is 6.89. The predicted molar refractivity (Wildman–Crippen MR) is 75.3 cm³/mol. The van der Waals surface area contributed by atoms with Crippen LogP contribution in [0.4, 0.5) is 5.69 Å². The molecule has 3 N–H and O–H groups in total. The molecule has 2 rings (SSSR count). The highest BCUT2D eigenvalue weighted by Gasteiger charge is 2.21. The summed E-state index contributed by atoms with van der Waals surface area (Å²) in [6, 6.07) is 4.22. The van der Waals surface area contributed by atoms with Crippen molar-refractivity contribution in [3.63, 3.8) is 0 Å². The summed E-state index contributed by atoms with van der Waals surface area (Å²) in [5.74, 6) is 0.536. The first-order valence-electron chi connectivity index (χ1n) is 6.03. The van der Waals surface area contributed by atoms with E-state index in [0.29, 0.717) is 11.5 Å². The van der Waals surface area contributed by atoms with Gasteiger partial charge >= 0.3 is 0 Å². The average molecular weight is 295 g/mol. The van der Waals surface area contributed by atoms with E-state index in [1.165, 1.54) is 12.4 Å². The van der Waals surface area contributed by atoms with Crippen molar-refractivity contribution >= 4 is 15.7 Å². The molecule has 0 aliphatic rings. The molecule has 1 unspecified atom stereocenters. The highest BCUT2D eigenvalue weighted by molar-refractivity contribution is 7.89. The molecule has 0 bridgehead atoms. The second-order valence-electron chi connectivity index (χ2n) is 4.72. The fourth-order valence-electron chi connectivity index (χ4n) is 1.97. The highest BCUT2D eigenvalue weighted by atomic mass is 32.2. The molecule has 7 nitrogen and oxygen atoms in total. The van der Waals surface area contributed by atoms with E-state index in [-0.39, 0.29) is 4.90 Å². The van der Waals surface area contributed by atoms with Crippen LogP contribution in [0.1, 0.15) is 24.4 Å². The van der Waals surface area contributed by atoms with Crippen LogP contribution in [0.3, 0.4) is 0 Å². The van der Waals surface area contributed by atoms with Crippen molar-refractivity contribution < 1.29 is 8.42 Å². The largest absolute Gasteiger partial charge is 0.399 e. The van der Waals surface area contributed by atoms with Crippen LogP contribution in [0, 0.1) is 6.92 Å². The van der Waals surface area contributed by atoms with Gasteiger partial charge in [0.1, 0.15) is 12.2 Å². The molecule has 108 valence electrons. The summed E-state index contributed by atoms with van der Waals surface area (Å²) in [4.78, 5) is 0.143. The van der Waals surface area contributed by atoms with Gasteiger partial charge in [-0.3, -0.25) is 0 Å². The third kappa shape index (κ3) is 2.97. The minimum atomic E-state index is -3.66. The Morgan fingerprint density at radius 1 is 1.35 bits per heavy atom. The maximum atomic E-state index is 12.3. The number of hydrogen-bond donors (Lipinski definition) is 2. The molecule has 8 heteroatoms. The van der Waals surface area contributed by atoms with Crippen LogP contribution in [0.2, 0.25) is 0 Å². The lowest BCUT2D eigenvalue weighted by Gasteiger charge is -2.14. The molecule has 0 saturated carbocycles. The molecule has 1 aromatic carbocycles. The molecule has 1 atom stereocenters. The van der Waals surface area contributed by atoms with Gasteiger partial charge in [0.2, 0.25) is 10.0 Å². The lowest BCUT2D eigenvalue weighted by molar-refractivity contribution is 0.553. The Balaban J connectivity index is 2.29. The number of rotatable bonds is 4. The molecule has 1 heterocycles. The summed E-state index contributed by atoms with van der Waals surface area (Å²) < 4.78 is 28.9. The number of hydrogen-bond acceptors (Lipinski definition) is 5. The quantitative estimate of drug-likeness (QED) is 0.810. The van der Waals surface area contributed by atoms with Crippen LogP contribution in [0.5, 0.6) is 0 Å². The Labute approximate surface area is 117 Å². The molecule has 0 aliphatic carbocycles. The van der Waals surface area contributed by atoms with Crippen LogP contribution < -0.4 is 10.5 Å². The zero-order valence-corrected chi connectivity index (χ0v) is 12.3. The third-order valence-electron chi connectivity index (χ3n) is 2.85. The Hall–Kier alpha value is -1.93. The van der Waals surface area contributed by atoms with E-state index < -0.39 is 16.1 Å². The van der Waals surface area contributed by atoms with Gasteiger partial charge in [-0.25, -0.2) is 13.1 Å². The zero-order valence-electron chi connectivity index (χ0n) is 11.5. The smallest absolute Gasteiger partial charge is 0.241 e. The first-order chi connectivity index (χ1) is 9.29. The Kier molecular flexibility index (Phi) is 3.78. The Morgan fingerprint density at radius 3 is 2.60 bits per heavy atom. The first-order valence-corrected chi connectivity index (χ1v) is 7.51. The summed E-state index contributed by atoms with van der Waals surface area (Å²) in [6.45, 7) is 3.50. The number of benzene rings is 1. The van der Waals surface area contributed by atoms with Gasteiger partial charge in [-0.2, -0.15) is 0 Å². The van der Waals surface area contributed by atoms with Crippen LogP contribution in [0.25, 0.3) is 0 Å². The van der Waals surface area contributed by atoms with E-state index in [0.717, 1.165) is 5.56 Å². The predicted octanol–water partition coefficient (Wildman–Crippen LogP) is 0.745. The first kappa shape index (κ1) is 14.5. The Bertz CT molecular complexity index is 703. The van der Waals surface area contributed by atoms with Crippen molar-refractivity contribution in [3.8, 4) is 0 Å². The number of aryl methyl sites for hydroxylation is 2. The van der Waals surface area contributed by atoms with Crippen molar-refractivity contribution in [2.24, 2.45) is 7.05 Å². The standard InChI is InChI=1S/C12H17N5O2S/c1-8-4-10(13)6-11(5-8)20(18,19)16-9(2)12-15-14-7-17(12)3/h4-7,9,16H,13H2,1-3H3. The van der Waals surface area contributed by atoms with Crippen LogP contribution in [0.15, 0.2) is 29.4 Å². The van der Waals surface area contributed by atoms with E-state index in [1.807, 2.05) is 0 Å². The molecule has 2 aromatic rings. The van der Waals surface area contributed by atoms with Crippen LogP contribution in [-0.2, 0) is 17.1 Å². The second kappa shape index (κ2) is 5.22. The molecular weight excluding hydrogens is 278 g/mol. The summed E-state index contributed by atoms with van der Waals surface area (Å²) in [7, 11) is -1.90. The van der Waals surface area contributed by atoms with Crippen LogP contribution >= 0.6 is 0 Å². The van der Waals surface area contributed by atoms with Gasteiger partial charge in [-0.05, 0) is 37.6 Å². The third-order valence-corrected chi connectivity index (χ3v) is 4.37. The minimum absolute atomic E-state index is 0.143. The maximum absolute atomic E-state index is 12.3. The highest BCUT2D eigenvalue weighted by Crippen LogP contribution is 2.18. The zero-order chi connectivity index (χ0) is 14.9. The monoisotopic (exact) mass is 295 g/mol. The van der Waals surface area contributed by atoms with E-state index >= 15 is 0 Å². The molecule has 0 amide bonds. The van der Waals surface area contributed by atoms with Gasteiger partial charge in [-0.15, -0.1) is 10.2 Å². The van der Waals surface area contributed by atoms with Gasteiger partial charge in [0.05, 0.1) is 10.9 Å². The van der Waals surface area contributed by atoms with Crippen molar-refractivity contribution in [3.05, 3.63) is 35.9 Å². The number of nitrogens with two attached hydrogens (primary N) is 1. The topological polar surface area (TPSA) is 103 Å². The van der Waals surface area contributed by atoms with Gasteiger partial charge in [0, 0.05) is 12.7 Å². The van der Waals surface area contributed by atoms with Gasteiger partial charge in [0.15, 0.2) is 0 Å². The van der Waals surface area contributed by atoms with E-state index in [4.69, 9.17) is 5.73 Å².